The normalized spacial score (nSPS) is 11.1. The zero-order valence-corrected chi connectivity index (χ0v) is 13.8. The smallest absolute Gasteiger partial charge is 0.462 e. The molecule has 0 saturated carbocycles. The third-order valence-electron chi connectivity index (χ3n) is 3.03. The Labute approximate surface area is 142 Å². The van der Waals surface area contributed by atoms with E-state index in [0.29, 0.717) is 11.4 Å². The summed E-state index contributed by atoms with van der Waals surface area (Å²) in [6.45, 7) is 1.90. The second-order valence-corrected chi connectivity index (χ2v) is 5.12. The molecule has 2 rings (SSSR count). The van der Waals surface area contributed by atoms with E-state index in [-0.39, 0.29) is 23.7 Å². The van der Waals surface area contributed by atoms with Crippen molar-refractivity contribution in [3.05, 3.63) is 36.0 Å². The van der Waals surface area contributed by atoms with Crippen LogP contribution in [0.3, 0.4) is 0 Å². The number of carbonyl (C=O) groups excluding carboxylic acids is 1. The van der Waals surface area contributed by atoms with Crippen LogP contribution in [0.5, 0.6) is 5.75 Å². The fraction of sp³-hybridized carbons (Fsp3) is 0.312. The molecule has 9 heteroatoms. The van der Waals surface area contributed by atoms with E-state index in [1.54, 1.807) is 25.9 Å². The summed E-state index contributed by atoms with van der Waals surface area (Å²) in [7, 11) is 3.41. The topological polar surface area (TPSA) is 64.5 Å². The summed E-state index contributed by atoms with van der Waals surface area (Å²) in [5, 5.41) is 0. The van der Waals surface area contributed by atoms with E-state index in [1.807, 2.05) is 0 Å². The van der Waals surface area contributed by atoms with Gasteiger partial charge in [0, 0.05) is 25.9 Å². The summed E-state index contributed by atoms with van der Waals surface area (Å²) < 4.78 is 45.4. The highest BCUT2D eigenvalue weighted by Crippen LogP contribution is 2.26. The molecule has 0 unspecified atom stereocenters. The number of ether oxygens (including phenoxy) is 2. The average molecular weight is 355 g/mol. The van der Waals surface area contributed by atoms with Crippen LogP contribution in [0.1, 0.15) is 17.3 Å². The minimum absolute atomic E-state index is 0.202. The van der Waals surface area contributed by atoms with Gasteiger partial charge in [0.15, 0.2) is 5.82 Å². The molecule has 0 saturated heterocycles. The molecule has 0 fully saturated rings. The molecule has 2 aromatic rings. The zero-order chi connectivity index (χ0) is 18.6. The maximum atomic E-state index is 12.2. The largest absolute Gasteiger partial charge is 0.573 e. The molecular formula is C16H16F3N3O3. The first kappa shape index (κ1) is 18.5. The van der Waals surface area contributed by atoms with Gasteiger partial charge >= 0.3 is 12.3 Å². The van der Waals surface area contributed by atoms with Crippen LogP contribution in [0.25, 0.3) is 11.4 Å². The van der Waals surface area contributed by atoms with Gasteiger partial charge in [0.2, 0.25) is 0 Å². The van der Waals surface area contributed by atoms with Crippen LogP contribution in [0.4, 0.5) is 19.0 Å². The molecule has 134 valence electrons. The molecule has 0 aliphatic rings. The number of carbonyl (C=O) groups is 1. The van der Waals surface area contributed by atoms with Gasteiger partial charge in [0.05, 0.1) is 6.61 Å². The van der Waals surface area contributed by atoms with Gasteiger partial charge in [0.25, 0.3) is 0 Å². The van der Waals surface area contributed by atoms with Crippen LogP contribution in [-0.2, 0) is 4.74 Å². The van der Waals surface area contributed by atoms with Crippen molar-refractivity contribution < 1.29 is 27.4 Å². The Kier molecular flexibility index (Phi) is 5.45. The number of esters is 1. The Bertz CT molecular complexity index is 747. The fourth-order valence-electron chi connectivity index (χ4n) is 2.01. The van der Waals surface area contributed by atoms with Gasteiger partial charge < -0.3 is 14.4 Å². The monoisotopic (exact) mass is 355 g/mol. The number of alkyl halides is 3. The van der Waals surface area contributed by atoms with Crippen LogP contribution in [0.2, 0.25) is 0 Å². The SMILES string of the molecule is CCOC(=O)c1cnc(-c2ccc(OC(F)(F)F)cc2)nc1N(C)C. The number of benzene rings is 1. The van der Waals surface area contributed by atoms with Gasteiger partial charge in [-0.15, -0.1) is 13.2 Å². The number of rotatable bonds is 5. The summed E-state index contributed by atoms with van der Waals surface area (Å²) in [6.07, 6.45) is -3.42. The number of halogens is 3. The number of anilines is 1. The lowest BCUT2D eigenvalue weighted by molar-refractivity contribution is -0.274. The van der Waals surface area contributed by atoms with Crippen molar-refractivity contribution in [3.8, 4) is 17.1 Å². The van der Waals surface area contributed by atoms with E-state index in [4.69, 9.17) is 4.74 Å². The van der Waals surface area contributed by atoms with Crippen molar-refractivity contribution in [1.82, 2.24) is 9.97 Å². The van der Waals surface area contributed by atoms with Crippen LogP contribution in [0.15, 0.2) is 30.5 Å². The molecule has 0 atom stereocenters. The Morgan fingerprint density at radius 3 is 2.36 bits per heavy atom. The summed E-state index contributed by atoms with van der Waals surface area (Å²) in [4.78, 5) is 22.0. The van der Waals surface area contributed by atoms with Gasteiger partial charge in [0.1, 0.15) is 17.1 Å². The minimum atomic E-state index is -4.75. The van der Waals surface area contributed by atoms with Gasteiger partial charge in [-0.25, -0.2) is 14.8 Å². The summed E-state index contributed by atoms with van der Waals surface area (Å²) in [6, 6.07) is 5.14. The molecule has 25 heavy (non-hydrogen) atoms. The van der Waals surface area contributed by atoms with E-state index in [9.17, 15) is 18.0 Å². The molecule has 0 radical (unpaired) electrons. The molecule has 0 amide bonds. The molecule has 1 heterocycles. The molecular weight excluding hydrogens is 339 g/mol. The lowest BCUT2D eigenvalue weighted by Crippen LogP contribution is -2.18. The van der Waals surface area contributed by atoms with Crippen LogP contribution >= 0.6 is 0 Å². The van der Waals surface area contributed by atoms with Crippen molar-refractivity contribution in [2.24, 2.45) is 0 Å². The molecule has 0 N–H and O–H groups in total. The summed E-state index contributed by atoms with van der Waals surface area (Å²) in [5.74, 6) is -0.284. The number of aromatic nitrogens is 2. The van der Waals surface area contributed by atoms with Crippen molar-refractivity contribution in [3.63, 3.8) is 0 Å². The zero-order valence-electron chi connectivity index (χ0n) is 13.8. The van der Waals surface area contributed by atoms with E-state index in [0.717, 1.165) is 0 Å². The Morgan fingerprint density at radius 1 is 1.20 bits per heavy atom. The molecule has 1 aromatic carbocycles. The lowest BCUT2D eigenvalue weighted by Gasteiger charge is -2.16. The summed E-state index contributed by atoms with van der Waals surface area (Å²) >= 11 is 0. The third kappa shape index (κ3) is 4.82. The van der Waals surface area contributed by atoms with Gasteiger partial charge in [-0.1, -0.05) is 0 Å². The summed E-state index contributed by atoms with van der Waals surface area (Å²) in [5.41, 5.74) is 0.681. The highest BCUT2D eigenvalue weighted by Gasteiger charge is 2.31. The first-order chi connectivity index (χ1) is 11.7. The van der Waals surface area contributed by atoms with E-state index in [1.165, 1.54) is 30.5 Å². The Balaban J connectivity index is 2.33. The van der Waals surface area contributed by atoms with Crippen molar-refractivity contribution in [2.75, 3.05) is 25.6 Å². The lowest BCUT2D eigenvalue weighted by atomic mass is 10.2. The second kappa shape index (κ2) is 7.37. The molecule has 0 aliphatic carbocycles. The first-order valence-corrected chi connectivity index (χ1v) is 7.29. The molecule has 0 spiro atoms. The highest BCUT2D eigenvalue weighted by molar-refractivity contribution is 5.94. The predicted octanol–water partition coefficient (Wildman–Crippen LogP) is 3.28. The molecule has 6 nitrogen and oxygen atoms in total. The maximum Gasteiger partial charge on any atom is 0.573 e. The van der Waals surface area contributed by atoms with Crippen LogP contribution in [0, 0.1) is 0 Å². The van der Waals surface area contributed by atoms with Crippen molar-refractivity contribution >= 4 is 11.8 Å². The van der Waals surface area contributed by atoms with E-state index >= 15 is 0 Å². The number of hydrogen-bond acceptors (Lipinski definition) is 6. The van der Waals surface area contributed by atoms with Crippen LogP contribution in [-0.4, -0.2) is 43.0 Å². The quantitative estimate of drug-likeness (QED) is 0.767. The fourth-order valence-corrected chi connectivity index (χ4v) is 2.01. The van der Waals surface area contributed by atoms with Crippen LogP contribution < -0.4 is 9.64 Å². The molecule has 0 aliphatic heterocycles. The Morgan fingerprint density at radius 2 is 1.84 bits per heavy atom. The standard InChI is InChI=1S/C16H16F3N3O3/c1-4-24-15(23)12-9-20-13(21-14(12)22(2)3)10-5-7-11(8-6-10)25-16(17,18)19/h5-9H,4H2,1-3H3. The van der Waals surface area contributed by atoms with Crippen molar-refractivity contribution in [1.29, 1.82) is 0 Å². The molecule has 1 aromatic heterocycles. The minimum Gasteiger partial charge on any atom is -0.462 e. The van der Waals surface area contributed by atoms with Crippen molar-refractivity contribution in [2.45, 2.75) is 13.3 Å². The maximum absolute atomic E-state index is 12.2. The number of nitrogens with zero attached hydrogens (tertiary/aromatic N) is 3. The van der Waals surface area contributed by atoms with Gasteiger partial charge in [-0.05, 0) is 31.2 Å². The third-order valence-corrected chi connectivity index (χ3v) is 3.03. The van der Waals surface area contributed by atoms with Gasteiger partial charge in [-0.3, -0.25) is 0 Å². The second-order valence-electron chi connectivity index (χ2n) is 5.12. The average Bonchev–Trinajstić information content (AvgIpc) is 2.53. The first-order valence-electron chi connectivity index (χ1n) is 7.29. The van der Waals surface area contributed by atoms with Gasteiger partial charge in [-0.2, -0.15) is 0 Å². The Hall–Kier alpha value is -2.84. The predicted molar refractivity (Wildman–Crippen MR) is 84.4 cm³/mol. The highest BCUT2D eigenvalue weighted by atomic mass is 19.4. The molecule has 0 bridgehead atoms. The number of hydrogen-bond donors (Lipinski definition) is 0. The van der Waals surface area contributed by atoms with E-state index < -0.39 is 12.3 Å². The van der Waals surface area contributed by atoms with E-state index in [2.05, 4.69) is 14.7 Å².